The van der Waals surface area contributed by atoms with Gasteiger partial charge in [-0.2, -0.15) is 0 Å². The smallest absolute Gasteiger partial charge is 0.128 e. The third-order valence-corrected chi connectivity index (χ3v) is 12.8. The van der Waals surface area contributed by atoms with Gasteiger partial charge in [-0.1, -0.05) is 53.7 Å². The van der Waals surface area contributed by atoms with Crippen molar-refractivity contribution in [1.82, 2.24) is 9.97 Å². The highest BCUT2D eigenvalue weighted by molar-refractivity contribution is 8.00. The first kappa shape index (κ1) is 32.7. The third-order valence-electron chi connectivity index (χ3n) is 10.3. The quantitative estimate of drug-likeness (QED) is 0.178. The monoisotopic (exact) mass is 710 g/mol. The van der Waals surface area contributed by atoms with Crippen molar-refractivity contribution in [2.45, 2.75) is 58.3 Å². The van der Waals surface area contributed by atoms with Gasteiger partial charge < -0.3 is 4.74 Å². The van der Waals surface area contributed by atoms with Crippen molar-refractivity contribution in [3.05, 3.63) is 142 Å². The molecule has 0 unspecified atom stereocenters. The minimum atomic E-state index is 0.788. The van der Waals surface area contributed by atoms with Crippen LogP contribution in [-0.2, 0) is 0 Å². The van der Waals surface area contributed by atoms with Crippen LogP contribution in [0.5, 0.6) is 11.5 Å². The van der Waals surface area contributed by atoms with Gasteiger partial charge in [0.05, 0.1) is 16.1 Å². The Labute approximate surface area is 313 Å². The summed E-state index contributed by atoms with van der Waals surface area (Å²) in [5.41, 5.74) is 16.7. The summed E-state index contributed by atoms with van der Waals surface area (Å²) in [6, 6.07) is 32.9. The molecule has 0 saturated heterocycles. The van der Waals surface area contributed by atoms with Gasteiger partial charge in [0, 0.05) is 43.6 Å². The molecule has 9 rings (SSSR count). The summed E-state index contributed by atoms with van der Waals surface area (Å²) in [6.07, 6.45) is 3.88. The lowest BCUT2D eigenvalue weighted by molar-refractivity contribution is 0.482. The van der Waals surface area contributed by atoms with Crippen molar-refractivity contribution in [1.29, 1.82) is 0 Å². The Morgan fingerprint density at radius 1 is 0.558 bits per heavy atom. The van der Waals surface area contributed by atoms with Crippen molar-refractivity contribution in [3.8, 4) is 55.6 Å². The second-order valence-corrected chi connectivity index (χ2v) is 16.4. The van der Waals surface area contributed by atoms with Gasteiger partial charge in [-0.15, -0.1) is 11.3 Å². The molecule has 3 aromatic heterocycles. The topological polar surface area (TPSA) is 35.0 Å². The zero-order chi connectivity index (χ0) is 35.8. The highest BCUT2D eigenvalue weighted by Gasteiger charge is 2.24. The van der Waals surface area contributed by atoms with E-state index in [0.717, 1.165) is 45.1 Å². The predicted molar refractivity (Wildman–Crippen MR) is 220 cm³/mol. The first-order valence-electron chi connectivity index (χ1n) is 17.7. The van der Waals surface area contributed by atoms with Crippen LogP contribution in [0.1, 0.15) is 38.9 Å². The standard InChI is InChI=1S/C47H38N2OS2/c1-25-17-29(5)41(30(6)18-25)45-31(7)37-13-15-48-43(46(37)52-45)32-19-26(2)21-34(23-32)50-35-22-27(3)20-33(24-35)44-47-39(14-16-49-44)38-12-11-28(4)36-9-8-10-40(51-47)42(36)38/h8-24H,1-7H3. The Bertz CT molecular complexity index is 2750. The zero-order valence-electron chi connectivity index (χ0n) is 30.4. The first-order chi connectivity index (χ1) is 25.1. The first-order valence-corrected chi connectivity index (χ1v) is 19.3. The molecule has 0 fully saturated rings. The van der Waals surface area contributed by atoms with E-state index in [4.69, 9.17) is 14.7 Å². The molecule has 0 spiro atoms. The second-order valence-electron chi connectivity index (χ2n) is 14.3. The van der Waals surface area contributed by atoms with Crippen LogP contribution in [0.3, 0.4) is 0 Å². The molecule has 0 amide bonds. The molecule has 3 nitrogen and oxygen atoms in total. The number of benzene rings is 5. The summed E-state index contributed by atoms with van der Waals surface area (Å²) < 4.78 is 7.92. The molecule has 8 aromatic rings. The van der Waals surface area contributed by atoms with E-state index in [-0.39, 0.29) is 0 Å². The number of thiophene rings is 1. The fourth-order valence-electron chi connectivity index (χ4n) is 8.06. The van der Waals surface area contributed by atoms with Crippen molar-refractivity contribution in [3.63, 3.8) is 0 Å². The molecular weight excluding hydrogens is 673 g/mol. The minimum absolute atomic E-state index is 0.788. The zero-order valence-corrected chi connectivity index (χ0v) is 32.1. The molecule has 0 saturated carbocycles. The number of ether oxygens (including phenoxy) is 1. The number of nitrogens with zero attached hydrogens (tertiary/aromatic N) is 2. The van der Waals surface area contributed by atoms with Gasteiger partial charge in [0.15, 0.2) is 0 Å². The van der Waals surface area contributed by atoms with E-state index in [2.05, 4.69) is 139 Å². The molecule has 0 radical (unpaired) electrons. The number of aromatic nitrogens is 2. The molecule has 52 heavy (non-hydrogen) atoms. The van der Waals surface area contributed by atoms with Crippen LogP contribution in [0.4, 0.5) is 0 Å². The lowest BCUT2D eigenvalue weighted by Crippen LogP contribution is -1.98. The van der Waals surface area contributed by atoms with E-state index in [0.29, 0.717) is 0 Å². The fraction of sp³-hybridized carbons (Fsp3) is 0.149. The number of pyridine rings is 2. The Kier molecular flexibility index (Phi) is 7.83. The van der Waals surface area contributed by atoms with Gasteiger partial charge in [-0.3, -0.25) is 9.97 Å². The Hall–Kier alpha value is -5.23. The van der Waals surface area contributed by atoms with Crippen molar-refractivity contribution in [2.24, 2.45) is 0 Å². The number of rotatable bonds is 5. The number of aryl methyl sites for hydroxylation is 7. The molecule has 5 aromatic carbocycles. The number of hydrogen-bond acceptors (Lipinski definition) is 5. The maximum absolute atomic E-state index is 6.72. The van der Waals surface area contributed by atoms with Crippen molar-refractivity contribution in [2.75, 3.05) is 0 Å². The van der Waals surface area contributed by atoms with Gasteiger partial charge >= 0.3 is 0 Å². The van der Waals surface area contributed by atoms with Crippen LogP contribution in [-0.4, -0.2) is 9.97 Å². The van der Waals surface area contributed by atoms with Gasteiger partial charge in [0.1, 0.15) is 11.5 Å². The Balaban J connectivity index is 1.10. The van der Waals surface area contributed by atoms with Crippen molar-refractivity contribution >= 4 is 44.0 Å². The van der Waals surface area contributed by atoms with Crippen LogP contribution in [0.15, 0.2) is 113 Å². The van der Waals surface area contributed by atoms with Crippen LogP contribution in [0, 0.1) is 48.5 Å². The van der Waals surface area contributed by atoms with Gasteiger partial charge in [-0.25, -0.2) is 0 Å². The van der Waals surface area contributed by atoms with E-state index in [1.165, 1.54) is 80.0 Å². The van der Waals surface area contributed by atoms with E-state index in [9.17, 15) is 0 Å². The summed E-state index contributed by atoms with van der Waals surface area (Å²) in [6.45, 7) is 15.3. The maximum atomic E-state index is 6.72. The molecule has 0 atom stereocenters. The van der Waals surface area contributed by atoms with Crippen LogP contribution in [0.2, 0.25) is 0 Å². The van der Waals surface area contributed by atoms with Crippen LogP contribution in [0.25, 0.3) is 64.9 Å². The predicted octanol–water partition coefficient (Wildman–Crippen LogP) is 13.9. The van der Waals surface area contributed by atoms with Crippen LogP contribution >= 0.6 is 23.1 Å². The lowest BCUT2D eigenvalue weighted by atomic mass is 9.94. The summed E-state index contributed by atoms with van der Waals surface area (Å²) in [5.74, 6) is 1.58. The lowest BCUT2D eigenvalue weighted by Gasteiger charge is -2.23. The van der Waals surface area contributed by atoms with Gasteiger partial charge in [0.2, 0.25) is 0 Å². The van der Waals surface area contributed by atoms with Crippen molar-refractivity contribution < 1.29 is 4.74 Å². The van der Waals surface area contributed by atoms with Gasteiger partial charge in [0.25, 0.3) is 0 Å². The highest BCUT2D eigenvalue weighted by atomic mass is 32.2. The Morgan fingerprint density at radius 3 is 1.94 bits per heavy atom. The molecule has 5 heteroatoms. The average molecular weight is 711 g/mol. The molecule has 0 aliphatic carbocycles. The molecule has 254 valence electrons. The van der Waals surface area contributed by atoms with E-state index >= 15 is 0 Å². The molecule has 0 bridgehead atoms. The number of hydrogen-bond donors (Lipinski definition) is 0. The maximum Gasteiger partial charge on any atom is 0.128 e. The highest BCUT2D eigenvalue weighted by Crippen LogP contribution is 2.51. The van der Waals surface area contributed by atoms with Crippen LogP contribution < -0.4 is 4.74 Å². The minimum Gasteiger partial charge on any atom is -0.457 e. The van der Waals surface area contributed by atoms with E-state index in [1.54, 1.807) is 0 Å². The van der Waals surface area contributed by atoms with E-state index in [1.807, 2.05) is 35.5 Å². The molecule has 4 heterocycles. The summed E-state index contributed by atoms with van der Waals surface area (Å²) in [7, 11) is 0. The van der Waals surface area contributed by atoms with E-state index < -0.39 is 0 Å². The third kappa shape index (κ3) is 5.42. The normalized spacial score (nSPS) is 12.1. The average Bonchev–Trinajstić information content (AvgIpc) is 3.43. The summed E-state index contributed by atoms with van der Waals surface area (Å²) >= 11 is 3.66. The molecule has 0 N–H and O–H groups in total. The Morgan fingerprint density at radius 2 is 1.21 bits per heavy atom. The fourth-order valence-corrected chi connectivity index (χ4v) is 10.8. The SMILES string of the molecule is Cc1cc(Oc2cc(C)cc(-c3nccc4c(C)c(-c5c(C)cc(C)cc5C)sc34)c2)cc(-c2nccc3c2Sc2cccc4c(C)ccc-3c24)c1. The molecule has 1 aliphatic rings. The second kappa shape index (κ2) is 12.5. The summed E-state index contributed by atoms with van der Waals surface area (Å²) in [4.78, 5) is 13.7. The van der Waals surface area contributed by atoms with Gasteiger partial charge in [-0.05, 0) is 164 Å². The molecular formula is C47H38N2OS2. The largest absolute Gasteiger partial charge is 0.457 e. The number of fused-ring (bicyclic) bond motifs is 3. The molecule has 1 aliphatic heterocycles. The summed E-state index contributed by atoms with van der Waals surface area (Å²) in [5, 5.41) is 3.90.